The first-order valence-electron chi connectivity index (χ1n) is 7.22. The lowest BCUT2D eigenvalue weighted by atomic mass is 10.0. The van der Waals surface area contributed by atoms with Crippen LogP contribution in [0, 0.1) is 11.8 Å². The van der Waals surface area contributed by atoms with Crippen molar-refractivity contribution in [3.05, 3.63) is 0 Å². The summed E-state index contributed by atoms with van der Waals surface area (Å²) in [5, 5.41) is 3.69. The lowest BCUT2D eigenvalue weighted by Gasteiger charge is -2.32. The highest BCUT2D eigenvalue weighted by Gasteiger charge is 2.32. The van der Waals surface area contributed by atoms with Crippen LogP contribution >= 0.6 is 0 Å². The summed E-state index contributed by atoms with van der Waals surface area (Å²) < 4.78 is 0. The lowest BCUT2D eigenvalue weighted by molar-refractivity contribution is -0.130. The summed E-state index contributed by atoms with van der Waals surface area (Å²) in [6, 6.07) is 0.670. The molecule has 4 nitrogen and oxygen atoms in total. The largest absolute Gasteiger partial charge is 0.348 e. The van der Waals surface area contributed by atoms with Crippen molar-refractivity contribution in [3.8, 4) is 0 Å². The van der Waals surface area contributed by atoms with Crippen LogP contribution in [0.2, 0.25) is 0 Å². The molecule has 0 aromatic rings. The lowest BCUT2D eigenvalue weighted by Crippen LogP contribution is -2.46. The van der Waals surface area contributed by atoms with Gasteiger partial charge in [-0.3, -0.25) is 9.69 Å². The predicted molar refractivity (Wildman–Crippen MR) is 73.4 cm³/mol. The number of hydrogen-bond acceptors (Lipinski definition) is 3. The number of amides is 1. The summed E-state index contributed by atoms with van der Waals surface area (Å²) in [6.07, 6.45) is 3.77. The summed E-state index contributed by atoms with van der Waals surface area (Å²) in [4.78, 5) is 15.6. The van der Waals surface area contributed by atoms with E-state index in [4.69, 9.17) is 0 Å². The molecule has 2 atom stereocenters. The maximum absolute atomic E-state index is 11.6. The number of nitrogens with one attached hydrogen (secondary N) is 1. The zero-order valence-electron chi connectivity index (χ0n) is 12.0. The second-order valence-electron chi connectivity index (χ2n) is 6.22. The summed E-state index contributed by atoms with van der Waals surface area (Å²) in [5.41, 5.74) is 0. The molecule has 0 radical (unpaired) electrons. The molecule has 0 spiro atoms. The molecule has 18 heavy (non-hydrogen) atoms. The van der Waals surface area contributed by atoms with E-state index in [0.29, 0.717) is 12.6 Å². The first-order chi connectivity index (χ1) is 8.56. The smallest absolute Gasteiger partial charge is 0.236 e. The van der Waals surface area contributed by atoms with Crippen molar-refractivity contribution in [1.82, 2.24) is 15.1 Å². The molecule has 1 amide bonds. The standard InChI is InChI=1S/C14H27N3O/c1-11-8-12(11)9-15-13-4-6-17(7-5-13)10-14(18)16(2)3/h11-13,15H,4-10H2,1-3H3. The van der Waals surface area contributed by atoms with Gasteiger partial charge in [-0.1, -0.05) is 6.92 Å². The second-order valence-corrected chi connectivity index (χ2v) is 6.22. The number of likely N-dealkylation sites (tertiary alicyclic amines) is 1. The first kappa shape index (κ1) is 13.8. The fourth-order valence-electron chi connectivity index (χ4n) is 2.63. The molecule has 1 aliphatic heterocycles. The number of carbonyl (C=O) groups is 1. The zero-order chi connectivity index (χ0) is 13.1. The van der Waals surface area contributed by atoms with Gasteiger partial charge in [0.15, 0.2) is 0 Å². The minimum Gasteiger partial charge on any atom is -0.348 e. The highest BCUT2D eigenvalue weighted by Crippen LogP contribution is 2.36. The monoisotopic (exact) mass is 253 g/mol. The minimum atomic E-state index is 0.216. The Morgan fingerprint density at radius 3 is 2.44 bits per heavy atom. The van der Waals surface area contributed by atoms with E-state index in [0.717, 1.165) is 24.9 Å². The van der Waals surface area contributed by atoms with E-state index in [2.05, 4.69) is 17.1 Å². The van der Waals surface area contributed by atoms with Gasteiger partial charge in [-0.15, -0.1) is 0 Å². The molecule has 1 saturated carbocycles. The summed E-state index contributed by atoms with van der Waals surface area (Å²) in [6.45, 7) is 6.22. The number of hydrogen-bond donors (Lipinski definition) is 1. The highest BCUT2D eigenvalue weighted by atomic mass is 16.2. The Labute approximate surface area is 111 Å². The molecule has 0 bridgehead atoms. The summed E-state index contributed by atoms with van der Waals surface area (Å²) >= 11 is 0. The Kier molecular flexibility index (Phi) is 4.62. The molecule has 104 valence electrons. The fourth-order valence-corrected chi connectivity index (χ4v) is 2.63. The maximum atomic E-state index is 11.6. The molecule has 1 heterocycles. The van der Waals surface area contributed by atoms with E-state index in [1.807, 2.05) is 14.1 Å². The third-order valence-corrected chi connectivity index (χ3v) is 4.39. The van der Waals surface area contributed by atoms with E-state index >= 15 is 0 Å². The molecule has 0 aromatic heterocycles. The molecular weight excluding hydrogens is 226 g/mol. The van der Waals surface area contributed by atoms with Gasteiger partial charge in [-0.2, -0.15) is 0 Å². The van der Waals surface area contributed by atoms with Gasteiger partial charge in [0, 0.05) is 33.2 Å². The molecule has 2 unspecified atom stereocenters. The molecule has 1 aliphatic carbocycles. The van der Waals surface area contributed by atoms with Crippen molar-refractivity contribution >= 4 is 5.91 Å². The van der Waals surface area contributed by atoms with Crippen molar-refractivity contribution in [2.24, 2.45) is 11.8 Å². The quantitative estimate of drug-likeness (QED) is 0.787. The molecular formula is C14H27N3O. The molecule has 2 fully saturated rings. The fraction of sp³-hybridized carbons (Fsp3) is 0.929. The van der Waals surface area contributed by atoms with Gasteiger partial charge in [0.25, 0.3) is 0 Å². The third-order valence-electron chi connectivity index (χ3n) is 4.39. The Balaban J connectivity index is 1.60. The van der Waals surface area contributed by atoms with Crippen LogP contribution in [0.5, 0.6) is 0 Å². The summed E-state index contributed by atoms with van der Waals surface area (Å²) in [5.74, 6) is 2.09. The van der Waals surface area contributed by atoms with Crippen LogP contribution in [0.1, 0.15) is 26.2 Å². The number of nitrogens with zero attached hydrogens (tertiary/aromatic N) is 2. The Bertz CT molecular complexity index is 285. The molecule has 1 saturated heterocycles. The van der Waals surface area contributed by atoms with E-state index in [1.54, 1.807) is 4.90 Å². The number of carbonyl (C=O) groups excluding carboxylic acids is 1. The molecule has 2 aliphatic rings. The van der Waals surface area contributed by atoms with Crippen LogP contribution in [-0.2, 0) is 4.79 Å². The minimum absolute atomic E-state index is 0.216. The number of rotatable bonds is 5. The summed E-state index contributed by atoms with van der Waals surface area (Å²) in [7, 11) is 3.65. The van der Waals surface area contributed by atoms with Crippen LogP contribution in [0.3, 0.4) is 0 Å². The van der Waals surface area contributed by atoms with Gasteiger partial charge in [0.1, 0.15) is 0 Å². The second kappa shape index (κ2) is 6.02. The average Bonchev–Trinajstić information content (AvgIpc) is 3.04. The number of likely N-dealkylation sites (N-methyl/N-ethyl adjacent to an activating group) is 1. The van der Waals surface area contributed by atoms with Crippen molar-refractivity contribution in [3.63, 3.8) is 0 Å². The van der Waals surface area contributed by atoms with Gasteiger partial charge in [0.2, 0.25) is 5.91 Å². The zero-order valence-corrected chi connectivity index (χ0v) is 12.0. The van der Waals surface area contributed by atoms with Crippen LogP contribution in [0.4, 0.5) is 0 Å². The molecule has 2 rings (SSSR count). The SMILES string of the molecule is CC1CC1CNC1CCN(CC(=O)N(C)C)CC1. The molecule has 4 heteroatoms. The van der Waals surface area contributed by atoms with Crippen molar-refractivity contribution in [2.45, 2.75) is 32.2 Å². The first-order valence-corrected chi connectivity index (χ1v) is 7.22. The van der Waals surface area contributed by atoms with Gasteiger partial charge < -0.3 is 10.2 Å². The van der Waals surface area contributed by atoms with Crippen LogP contribution < -0.4 is 5.32 Å². The highest BCUT2D eigenvalue weighted by molar-refractivity contribution is 5.77. The normalized spacial score (nSPS) is 29.3. The van der Waals surface area contributed by atoms with Crippen LogP contribution in [0.15, 0.2) is 0 Å². The van der Waals surface area contributed by atoms with Crippen LogP contribution in [0.25, 0.3) is 0 Å². The van der Waals surface area contributed by atoms with E-state index in [-0.39, 0.29) is 5.91 Å². The van der Waals surface area contributed by atoms with Crippen LogP contribution in [-0.4, -0.2) is 62.0 Å². The Morgan fingerprint density at radius 2 is 1.94 bits per heavy atom. The number of piperidine rings is 1. The Hall–Kier alpha value is -0.610. The Morgan fingerprint density at radius 1 is 1.33 bits per heavy atom. The van der Waals surface area contributed by atoms with Crippen molar-refractivity contribution in [2.75, 3.05) is 40.3 Å². The third kappa shape index (κ3) is 3.95. The van der Waals surface area contributed by atoms with Gasteiger partial charge in [-0.25, -0.2) is 0 Å². The van der Waals surface area contributed by atoms with E-state index < -0.39 is 0 Å². The molecule has 1 N–H and O–H groups in total. The van der Waals surface area contributed by atoms with Gasteiger partial charge in [0.05, 0.1) is 6.54 Å². The predicted octanol–water partition coefficient (Wildman–Crippen LogP) is 0.785. The van der Waals surface area contributed by atoms with Crippen molar-refractivity contribution in [1.29, 1.82) is 0 Å². The van der Waals surface area contributed by atoms with Gasteiger partial charge in [-0.05, 0) is 37.6 Å². The average molecular weight is 253 g/mol. The maximum Gasteiger partial charge on any atom is 0.236 e. The molecule has 0 aromatic carbocycles. The van der Waals surface area contributed by atoms with Crippen molar-refractivity contribution < 1.29 is 4.79 Å². The van der Waals surface area contributed by atoms with Gasteiger partial charge >= 0.3 is 0 Å². The van der Waals surface area contributed by atoms with E-state index in [1.165, 1.54) is 25.8 Å². The topological polar surface area (TPSA) is 35.6 Å². The van der Waals surface area contributed by atoms with E-state index in [9.17, 15) is 4.79 Å².